The van der Waals surface area contributed by atoms with E-state index in [9.17, 15) is 4.79 Å². The van der Waals surface area contributed by atoms with Crippen LogP contribution in [0.2, 0.25) is 0 Å². The van der Waals surface area contributed by atoms with Gasteiger partial charge in [0.05, 0.1) is 11.6 Å². The van der Waals surface area contributed by atoms with Gasteiger partial charge in [-0.25, -0.2) is 10.6 Å². The van der Waals surface area contributed by atoms with Crippen LogP contribution >= 0.6 is 25.3 Å². The maximum Gasteiger partial charge on any atom is 0.356 e. The highest BCUT2D eigenvalue weighted by molar-refractivity contribution is 7.84. The molecular weight excluding hydrogens is 256 g/mol. The second-order valence-electron chi connectivity index (χ2n) is 3.24. The summed E-state index contributed by atoms with van der Waals surface area (Å²) in [7, 11) is 0. The number of esters is 1. The maximum absolute atomic E-state index is 11.6. The molecule has 0 atom stereocenters. The molecule has 0 aliphatic carbocycles. The van der Waals surface area contributed by atoms with Crippen LogP contribution in [0.4, 0.5) is 0 Å². The molecule has 0 heterocycles. The van der Waals surface area contributed by atoms with Crippen LogP contribution in [0.3, 0.4) is 0 Å². The van der Waals surface area contributed by atoms with Crippen molar-refractivity contribution in [2.45, 2.75) is 33.6 Å². The Morgan fingerprint density at radius 1 is 1.35 bits per heavy atom. The van der Waals surface area contributed by atoms with E-state index in [4.69, 9.17) is 10.6 Å². The van der Waals surface area contributed by atoms with Crippen LogP contribution < -0.4 is 5.84 Å². The number of carbonyl (C=O) groups is 1. The lowest BCUT2D eigenvalue weighted by atomic mass is 10.2. The van der Waals surface area contributed by atoms with Gasteiger partial charge < -0.3 is 4.74 Å². The Labute approximate surface area is 114 Å². The van der Waals surface area contributed by atoms with Gasteiger partial charge in [0.15, 0.2) is 0 Å². The van der Waals surface area contributed by atoms with Gasteiger partial charge in [0.2, 0.25) is 0 Å². The minimum absolute atomic E-state index is 0.166. The lowest BCUT2D eigenvalue weighted by Crippen LogP contribution is -2.33. The van der Waals surface area contributed by atoms with Crippen molar-refractivity contribution in [1.82, 2.24) is 5.01 Å². The van der Waals surface area contributed by atoms with E-state index < -0.39 is 5.97 Å². The van der Waals surface area contributed by atoms with Gasteiger partial charge >= 0.3 is 5.97 Å². The third-order valence-corrected chi connectivity index (χ3v) is 3.04. The summed E-state index contributed by atoms with van der Waals surface area (Å²) in [5.74, 6) is 5.33. The van der Waals surface area contributed by atoms with Crippen molar-refractivity contribution in [2.24, 2.45) is 5.84 Å². The number of nitrogens with zero attached hydrogens (tertiary/aromatic N) is 1. The van der Waals surface area contributed by atoms with E-state index in [1.54, 1.807) is 6.92 Å². The van der Waals surface area contributed by atoms with E-state index in [0.29, 0.717) is 5.03 Å². The summed E-state index contributed by atoms with van der Waals surface area (Å²) in [6.07, 6.45) is 1.65. The molecule has 0 aromatic rings. The molecule has 0 aliphatic rings. The van der Waals surface area contributed by atoms with Crippen molar-refractivity contribution in [3.63, 3.8) is 0 Å². The Bertz CT molecular complexity index is 321. The van der Waals surface area contributed by atoms with Crippen LogP contribution in [0.25, 0.3) is 0 Å². The van der Waals surface area contributed by atoms with Crippen LogP contribution in [-0.2, 0) is 9.53 Å². The molecule has 0 saturated carbocycles. The molecule has 0 amide bonds. The molecule has 0 aromatic carbocycles. The zero-order chi connectivity index (χ0) is 13.4. The molecule has 0 radical (unpaired) electrons. The Hall–Kier alpha value is -0.590. The van der Waals surface area contributed by atoms with Crippen molar-refractivity contribution in [2.75, 3.05) is 6.61 Å². The van der Waals surface area contributed by atoms with Crippen molar-refractivity contribution in [3.8, 4) is 0 Å². The third-order valence-electron chi connectivity index (χ3n) is 2.26. The summed E-state index contributed by atoms with van der Waals surface area (Å²) >= 11 is 8.30. The number of nitrogens with two attached hydrogens (primary N) is 1. The summed E-state index contributed by atoms with van der Waals surface area (Å²) in [5, 5.41) is 3.08. The third kappa shape index (κ3) is 4.65. The van der Waals surface area contributed by atoms with Crippen molar-refractivity contribution in [1.29, 1.82) is 0 Å². The molecule has 0 saturated heterocycles. The summed E-state index contributed by atoms with van der Waals surface area (Å²) in [4.78, 5) is 11.6. The highest BCUT2D eigenvalue weighted by Gasteiger charge is 2.18. The van der Waals surface area contributed by atoms with Crippen LogP contribution in [0.5, 0.6) is 0 Å². The Balaban J connectivity index is 5.07. The molecule has 4 nitrogen and oxygen atoms in total. The van der Waals surface area contributed by atoms with Gasteiger partial charge in [0.1, 0.15) is 5.70 Å². The minimum atomic E-state index is -0.511. The number of hydrogen-bond acceptors (Lipinski definition) is 6. The molecule has 0 rings (SSSR count). The predicted octanol–water partition coefficient (Wildman–Crippen LogP) is 2.46. The van der Waals surface area contributed by atoms with Gasteiger partial charge in [0.25, 0.3) is 0 Å². The van der Waals surface area contributed by atoms with Crippen LogP contribution in [-0.4, -0.2) is 17.6 Å². The van der Waals surface area contributed by atoms with Gasteiger partial charge in [-0.2, -0.15) is 0 Å². The first kappa shape index (κ1) is 16.4. The molecule has 0 spiro atoms. The summed E-state index contributed by atoms with van der Waals surface area (Å²) in [6.45, 7) is 6.04. The largest absolute Gasteiger partial charge is 0.461 e. The molecule has 0 bridgehead atoms. The zero-order valence-corrected chi connectivity index (χ0v) is 12.2. The number of carbonyl (C=O) groups excluding carboxylic acids is 1. The number of allylic oxidation sites excluding steroid dienone is 1. The summed E-state index contributed by atoms with van der Waals surface area (Å²) < 4.78 is 4.88. The second kappa shape index (κ2) is 8.49. The fraction of sp³-hybridized carbons (Fsp3) is 0.545. The van der Waals surface area contributed by atoms with E-state index in [1.165, 1.54) is 10.4 Å². The van der Waals surface area contributed by atoms with Crippen molar-refractivity contribution in [3.05, 3.63) is 21.7 Å². The number of rotatable bonds is 6. The van der Waals surface area contributed by atoms with E-state index in [-0.39, 0.29) is 12.3 Å². The Kier molecular flexibility index (Phi) is 8.20. The van der Waals surface area contributed by atoms with E-state index in [1.807, 2.05) is 13.8 Å². The van der Waals surface area contributed by atoms with Crippen LogP contribution in [0, 0.1) is 0 Å². The summed E-state index contributed by atoms with van der Waals surface area (Å²) in [6, 6.07) is 0. The topological polar surface area (TPSA) is 55.6 Å². The fourth-order valence-corrected chi connectivity index (χ4v) is 1.92. The number of thiol groups is 2. The first-order valence-electron chi connectivity index (χ1n) is 5.50. The number of hydrogen-bond donors (Lipinski definition) is 3. The monoisotopic (exact) mass is 276 g/mol. The quantitative estimate of drug-likeness (QED) is 0.229. The molecule has 0 fully saturated rings. The van der Waals surface area contributed by atoms with E-state index in [0.717, 1.165) is 18.4 Å². The SMILES string of the molecule is CCOC(=O)/C(=C\S)N(N)C(S)=C(CC)CC. The lowest BCUT2D eigenvalue weighted by molar-refractivity contribution is -0.140. The molecule has 6 heteroatoms. The average Bonchev–Trinajstić information content (AvgIpc) is 2.31. The van der Waals surface area contributed by atoms with Gasteiger partial charge in [-0.3, -0.25) is 5.01 Å². The van der Waals surface area contributed by atoms with Gasteiger partial charge in [-0.15, -0.1) is 25.3 Å². The fourth-order valence-electron chi connectivity index (χ4n) is 1.27. The lowest BCUT2D eigenvalue weighted by Gasteiger charge is -2.22. The highest BCUT2D eigenvalue weighted by Crippen LogP contribution is 2.21. The number of ether oxygens (including phenoxy) is 1. The van der Waals surface area contributed by atoms with Crippen molar-refractivity contribution >= 4 is 31.2 Å². The molecule has 2 N–H and O–H groups in total. The number of hydrazine groups is 1. The second-order valence-corrected chi connectivity index (χ2v) is 3.92. The first-order valence-corrected chi connectivity index (χ1v) is 6.46. The maximum atomic E-state index is 11.6. The molecule has 0 aliphatic heterocycles. The Morgan fingerprint density at radius 3 is 2.24 bits per heavy atom. The first-order chi connectivity index (χ1) is 8.03. The standard InChI is InChI=1S/C11H20N2O2S2/c1-4-8(5-2)10(17)13(12)9(7-16)11(14)15-6-3/h7,16-17H,4-6,12H2,1-3H3/b9-7+. The zero-order valence-electron chi connectivity index (χ0n) is 10.4. The molecule has 0 unspecified atom stereocenters. The van der Waals surface area contributed by atoms with E-state index in [2.05, 4.69) is 25.3 Å². The normalized spacial score (nSPS) is 11.1. The van der Waals surface area contributed by atoms with Crippen LogP contribution in [0.1, 0.15) is 33.6 Å². The van der Waals surface area contributed by atoms with Crippen LogP contribution in [0.15, 0.2) is 21.7 Å². The smallest absolute Gasteiger partial charge is 0.356 e. The van der Waals surface area contributed by atoms with E-state index >= 15 is 0 Å². The molecule has 17 heavy (non-hydrogen) atoms. The van der Waals surface area contributed by atoms with Crippen molar-refractivity contribution < 1.29 is 9.53 Å². The molecule has 98 valence electrons. The minimum Gasteiger partial charge on any atom is -0.461 e. The van der Waals surface area contributed by atoms with Gasteiger partial charge in [-0.05, 0) is 25.3 Å². The van der Waals surface area contributed by atoms with Gasteiger partial charge in [-0.1, -0.05) is 13.8 Å². The summed E-state index contributed by atoms with van der Waals surface area (Å²) in [5.41, 5.74) is 1.23. The average molecular weight is 276 g/mol. The predicted molar refractivity (Wildman–Crippen MR) is 76.3 cm³/mol. The Morgan fingerprint density at radius 2 is 1.88 bits per heavy atom. The van der Waals surface area contributed by atoms with Gasteiger partial charge in [0, 0.05) is 5.41 Å². The molecular formula is C11H20N2O2S2. The highest BCUT2D eigenvalue weighted by atomic mass is 32.1. The molecule has 0 aromatic heterocycles.